The van der Waals surface area contributed by atoms with E-state index in [1.807, 2.05) is 30.3 Å². The Hall–Kier alpha value is -3.45. The molecule has 1 aliphatic heterocycles. The fourth-order valence-electron chi connectivity index (χ4n) is 3.09. The lowest BCUT2D eigenvalue weighted by atomic mass is 10.1. The number of morpholine rings is 1. The van der Waals surface area contributed by atoms with Gasteiger partial charge in [-0.05, 0) is 12.1 Å². The zero-order valence-corrected chi connectivity index (χ0v) is 15.7. The van der Waals surface area contributed by atoms with Crippen LogP contribution in [0, 0.1) is 0 Å². The summed E-state index contributed by atoms with van der Waals surface area (Å²) in [6.45, 7) is 1.69. The highest BCUT2D eigenvalue weighted by atomic mass is 16.5. The summed E-state index contributed by atoms with van der Waals surface area (Å²) in [7, 11) is 0. The molecule has 0 unspecified atom stereocenters. The van der Waals surface area contributed by atoms with E-state index in [0.717, 1.165) is 5.56 Å². The Labute approximate surface area is 167 Å². The van der Waals surface area contributed by atoms with Crippen LogP contribution in [0.5, 0.6) is 0 Å². The van der Waals surface area contributed by atoms with Crippen molar-refractivity contribution in [2.75, 3.05) is 32.9 Å². The Balaban J connectivity index is 1.49. The number of benzene rings is 2. The molecule has 1 aliphatic rings. The van der Waals surface area contributed by atoms with Gasteiger partial charge >= 0.3 is 5.97 Å². The Bertz CT molecular complexity index is 993. The number of amides is 1. The van der Waals surface area contributed by atoms with E-state index < -0.39 is 5.97 Å². The van der Waals surface area contributed by atoms with Gasteiger partial charge in [-0.3, -0.25) is 4.79 Å². The molecule has 7 heteroatoms. The van der Waals surface area contributed by atoms with Crippen LogP contribution in [0.1, 0.15) is 10.4 Å². The molecular weight excluding hydrogens is 372 g/mol. The molecule has 2 heterocycles. The normalized spacial score (nSPS) is 13.9. The summed E-state index contributed by atoms with van der Waals surface area (Å²) in [5.41, 5.74) is 1.70. The fraction of sp³-hybridized carbons (Fsp3) is 0.227. The van der Waals surface area contributed by atoms with E-state index in [-0.39, 0.29) is 12.5 Å². The molecule has 0 radical (unpaired) electrons. The number of carbonyl (C=O) groups is 2. The molecule has 0 N–H and O–H groups in total. The van der Waals surface area contributed by atoms with Crippen molar-refractivity contribution in [1.29, 1.82) is 0 Å². The van der Waals surface area contributed by atoms with Gasteiger partial charge in [0.25, 0.3) is 5.91 Å². The molecular formula is C22H20N2O5. The Morgan fingerprint density at radius 3 is 2.52 bits per heavy atom. The van der Waals surface area contributed by atoms with Gasteiger partial charge in [-0.1, -0.05) is 42.5 Å². The number of hydrogen-bond donors (Lipinski definition) is 0. The van der Waals surface area contributed by atoms with Gasteiger partial charge in [0.05, 0.1) is 30.5 Å². The lowest BCUT2D eigenvalue weighted by Gasteiger charge is -2.26. The summed E-state index contributed by atoms with van der Waals surface area (Å²) in [5.74, 6) is 0.0884. The van der Waals surface area contributed by atoms with E-state index in [9.17, 15) is 9.59 Å². The van der Waals surface area contributed by atoms with Gasteiger partial charge in [0.15, 0.2) is 12.4 Å². The third-order valence-electron chi connectivity index (χ3n) is 4.63. The molecule has 1 fully saturated rings. The van der Waals surface area contributed by atoms with Gasteiger partial charge in [-0.15, -0.1) is 0 Å². The van der Waals surface area contributed by atoms with Gasteiger partial charge in [0.2, 0.25) is 5.89 Å². The molecule has 4 rings (SSSR count). The summed E-state index contributed by atoms with van der Waals surface area (Å²) < 4.78 is 16.3. The molecule has 1 aromatic heterocycles. The van der Waals surface area contributed by atoms with E-state index in [4.69, 9.17) is 13.9 Å². The average molecular weight is 392 g/mol. The van der Waals surface area contributed by atoms with Crippen LogP contribution in [0.25, 0.3) is 22.8 Å². The predicted octanol–water partition coefficient (Wildman–Crippen LogP) is 3.02. The number of oxazole rings is 1. The smallest absolute Gasteiger partial charge is 0.339 e. The molecule has 29 heavy (non-hydrogen) atoms. The molecule has 3 aromatic rings. The number of hydrogen-bond acceptors (Lipinski definition) is 6. The van der Waals surface area contributed by atoms with Gasteiger partial charge in [-0.25, -0.2) is 9.78 Å². The standard InChI is InChI=1S/C22H20N2O5/c25-20(24-10-12-27-13-11-24)15-28-22(26)18-9-5-4-8-17(18)21-23-14-19(29-21)16-6-2-1-3-7-16/h1-9,14H,10-13,15H2. The van der Waals surface area contributed by atoms with Crippen molar-refractivity contribution in [3.05, 3.63) is 66.4 Å². The van der Waals surface area contributed by atoms with Crippen molar-refractivity contribution in [2.24, 2.45) is 0 Å². The molecule has 7 nitrogen and oxygen atoms in total. The third-order valence-corrected chi connectivity index (χ3v) is 4.63. The molecule has 148 valence electrons. The van der Waals surface area contributed by atoms with E-state index in [1.165, 1.54) is 0 Å². The van der Waals surface area contributed by atoms with Crippen molar-refractivity contribution in [2.45, 2.75) is 0 Å². The van der Waals surface area contributed by atoms with Gasteiger partial charge in [0, 0.05) is 18.7 Å². The SMILES string of the molecule is O=C(OCC(=O)N1CCOCC1)c1ccccc1-c1ncc(-c2ccccc2)o1. The minimum Gasteiger partial charge on any atom is -0.452 e. The van der Waals surface area contributed by atoms with E-state index in [2.05, 4.69) is 4.98 Å². The number of rotatable bonds is 5. The quantitative estimate of drug-likeness (QED) is 0.621. The second kappa shape index (κ2) is 8.70. The molecule has 2 aromatic carbocycles. The van der Waals surface area contributed by atoms with Gasteiger partial charge in [0.1, 0.15) is 0 Å². The summed E-state index contributed by atoms with van der Waals surface area (Å²) in [5, 5.41) is 0. The van der Waals surface area contributed by atoms with Crippen LogP contribution in [0.15, 0.2) is 65.2 Å². The first kappa shape index (κ1) is 18.9. The first-order chi connectivity index (χ1) is 14.2. The number of aromatic nitrogens is 1. The minimum atomic E-state index is -0.596. The number of esters is 1. The summed E-state index contributed by atoms with van der Waals surface area (Å²) in [6.07, 6.45) is 1.62. The minimum absolute atomic E-state index is 0.235. The van der Waals surface area contributed by atoms with Crippen LogP contribution in [-0.4, -0.2) is 54.7 Å². The van der Waals surface area contributed by atoms with Gasteiger partial charge < -0.3 is 18.8 Å². The maximum atomic E-state index is 12.6. The second-order valence-electron chi connectivity index (χ2n) is 6.51. The first-order valence-corrected chi connectivity index (χ1v) is 9.35. The maximum absolute atomic E-state index is 12.6. The Morgan fingerprint density at radius 1 is 1.00 bits per heavy atom. The number of nitrogens with zero attached hydrogens (tertiary/aromatic N) is 2. The predicted molar refractivity (Wildman–Crippen MR) is 105 cm³/mol. The first-order valence-electron chi connectivity index (χ1n) is 9.35. The zero-order chi connectivity index (χ0) is 20.1. The highest BCUT2D eigenvalue weighted by Gasteiger charge is 2.21. The summed E-state index contributed by atoms with van der Waals surface area (Å²) in [6, 6.07) is 16.5. The van der Waals surface area contributed by atoms with E-state index >= 15 is 0 Å². The molecule has 0 saturated carbocycles. The zero-order valence-electron chi connectivity index (χ0n) is 15.7. The van der Waals surface area contributed by atoms with E-state index in [0.29, 0.717) is 49.1 Å². The van der Waals surface area contributed by atoms with Gasteiger partial charge in [-0.2, -0.15) is 0 Å². The lowest BCUT2D eigenvalue weighted by Crippen LogP contribution is -2.42. The maximum Gasteiger partial charge on any atom is 0.339 e. The van der Waals surface area contributed by atoms with Crippen molar-refractivity contribution < 1.29 is 23.5 Å². The monoisotopic (exact) mass is 392 g/mol. The summed E-state index contributed by atoms with van der Waals surface area (Å²) >= 11 is 0. The number of ether oxygens (including phenoxy) is 2. The molecule has 1 saturated heterocycles. The Morgan fingerprint density at radius 2 is 1.72 bits per heavy atom. The fourth-order valence-corrected chi connectivity index (χ4v) is 3.09. The summed E-state index contributed by atoms with van der Waals surface area (Å²) in [4.78, 5) is 30.8. The van der Waals surface area contributed by atoms with Crippen molar-refractivity contribution in [3.8, 4) is 22.8 Å². The third kappa shape index (κ3) is 4.35. The highest BCUT2D eigenvalue weighted by Crippen LogP contribution is 2.28. The average Bonchev–Trinajstić information content (AvgIpc) is 3.28. The van der Waals surface area contributed by atoms with Crippen LogP contribution in [0.2, 0.25) is 0 Å². The van der Waals surface area contributed by atoms with Crippen molar-refractivity contribution >= 4 is 11.9 Å². The molecule has 0 atom stereocenters. The van der Waals surface area contributed by atoms with Crippen molar-refractivity contribution in [1.82, 2.24) is 9.88 Å². The molecule has 0 spiro atoms. The van der Waals surface area contributed by atoms with Crippen LogP contribution >= 0.6 is 0 Å². The van der Waals surface area contributed by atoms with Crippen molar-refractivity contribution in [3.63, 3.8) is 0 Å². The topological polar surface area (TPSA) is 81.9 Å². The molecule has 1 amide bonds. The molecule has 0 bridgehead atoms. The van der Waals surface area contributed by atoms with E-state index in [1.54, 1.807) is 35.4 Å². The van der Waals surface area contributed by atoms with Crippen LogP contribution in [-0.2, 0) is 14.3 Å². The molecule has 0 aliphatic carbocycles. The highest BCUT2D eigenvalue weighted by molar-refractivity contribution is 5.97. The lowest BCUT2D eigenvalue weighted by molar-refractivity contribution is -0.138. The van der Waals surface area contributed by atoms with Crippen LogP contribution < -0.4 is 0 Å². The largest absolute Gasteiger partial charge is 0.452 e. The van der Waals surface area contributed by atoms with Crippen LogP contribution in [0.3, 0.4) is 0 Å². The second-order valence-corrected chi connectivity index (χ2v) is 6.51. The van der Waals surface area contributed by atoms with Crippen LogP contribution in [0.4, 0.5) is 0 Å². The Kier molecular flexibility index (Phi) is 5.67. The number of carbonyl (C=O) groups excluding carboxylic acids is 2.